The molecule has 0 aromatic rings. The van der Waals surface area contributed by atoms with E-state index in [9.17, 15) is 22.8 Å². The smallest absolute Gasteiger partial charge is 0.407 e. The lowest BCUT2D eigenvalue weighted by atomic mass is 10.0. The zero-order valence-corrected chi connectivity index (χ0v) is 12.7. The third-order valence-electron chi connectivity index (χ3n) is 3.88. The highest BCUT2D eigenvalue weighted by Crippen LogP contribution is 2.36. The van der Waals surface area contributed by atoms with Gasteiger partial charge in [-0.2, -0.15) is 13.2 Å². The topological polar surface area (TPSA) is 78.9 Å². The van der Waals surface area contributed by atoms with E-state index in [1.165, 1.54) is 12.0 Å². The van der Waals surface area contributed by atoms with Gasteiger partial charge in [0.1, 0.15) is 6.04 Å². The van der Waals surface area contributed by atoms with Crippen molar-refractivity contribution in [1.82, 2.24) is 10.2 Å². The Bertz CT molecular complexity index is 415. The van der Waals surface area contributed by atoms with Crippen LogP contribution in [0.2, 0.25) is 0 Å². The summed E-state index contributed by atoms with van der Waals surface area (Å²) in [7, 11) is 1.18. The summed E-state index contributed by atoms with van der Waals surface area (Å²) >= 11 is 0. The van der Waals surface area contributed by atoms with Gasteiger partial charge in [0.25, 0.3) is 0 Å². The van der Waals surface area contributed by atoms with Gasteiger partial charge in [-0.05, 0) is 12.3 Å². The van der Waals surface area contributed by atoms with Gasteiger partial charge in [0.05, 0.1) is 13.0 Å². The Hall–Kier alpha value is -1.51. The van der Waals surface area contributed by atoms with E-state index in [1.807, 2.05) is 0 Å². The zero-order chi connectivity index (χ0) is 17.1. The van der Waals surface area contributed by atoms with E-state index >= 15 is 0 Å². The predicted molar refractivity (Wildman–Crippen MR) is 71.3 cm³/mol. The van der Waals surface area contributed by atoms with Crippen LogP contribution in [0.25, 0.3) is 0 Å². The van der Waals surface area contributed by atoms with E-state index in [0.717, 1.165) is 0 Å². The fourth-order valence-electron chi connectivity index (χ4n) is 2.49. The van der Waals surface area contributed by atoms with Crippen molar-refractivity contribution in [3.8, 4) is 0 Å². The molecule has 6 nitrogen and oxygen atoms in total. The van der Waals surface area contributed by atoms with E-state index in [-0.39, 0.29) is 19.0 Å². The van der Waals surface area contributed by atoms with E-state index in [2.05, 4.69) is 10.1 Å². The van der Waals surface area contributed by atoms with Gasteiger partial charge < -0.3 is 15.2 Å². The molecular formula is C13H21F3N2O4. The molecule has 0 aromatic carbocycles. The first kappa shape index (κ1) is 18.5. The molecule has 1 rings (SSSR count). The van der Waals surface area contributed by atoms with Gasteiger partial charge >= 0.3 is 18.2 Å². The van der Waals surface area contributed by atoms with E-state index in [0.29, 0.717) is 0 Å². The van der Waals surface area contributed by atoms with Crippen molar-refractivity contribution >= 4 is 12.1 Å². The minimum Gasteiger partial charge on any atom is -0.480 e. The van der Waals surface area contributed by atoms with E-state index in [4.69, 9.17) is 5.11 Å². The number of aliphatic carboxylic acids is 1. The summed E-state index contributed by atoms with van der Waals surface area (Å²) < 4.78 is 42.9. The van der Waals surface area contributed by atoms with E-state index < -0.39 is 42.7 Å². The molecule has 0 unspecified atom stereocenters. The summed E-state index contributed by atoms with van der Waals surface area (Å²) in [6, 6.07) is -1.70. The molecule has 3 atom stereocenters. The molecule has 2 N–H and O–H groups in total. The standard InChI is InChI=1S/C13H21F3N2O4/c1-7(2)9(17-12(21)22-3)6-18-5-8(13(14,15)16)4-10(18)11(19)20/h7-10H,4-6H2,1-3H3,(H,17,21)(H,19,20)/t8-,9+,10-/m0/s1. The summed E-state index contributed by atoms with van der Waals surface area (Å²) in [5.74, 6) is -3.04. The van der Waals surface area contributed by atoms with Crippen LogP contribution in [0.4, 0.5) is 18.0 Å². The van der Waals surface area contributed by atoms with Crippen LogP contribution in [0, 0.1) is 11.8 Å². The van der Waals surface area contributed by atoms with Crippen LogP contribution in [-0.2, 0) is 9.53 Å². The molecule has 1 aliphatic rings. The maximum Gasteiger partial charge on any atom is 0.407 e. The number of alkyl halides is 3. The largest absolute Gasteiger partial charge is 0.480 e. The van der Waals surface area contributed by atoms with Crippen LogP contribution in [0.5, 0.6) is 0 Å². The summed E-state index contributed by atoms with van der Waals surface area (Å²) in [6.07, 6.45) is -5.59. The number of carbonyl (C=O) groups excluding carboxylic acids is 1. The molecule has 1 saturated heterocycles. The number of halogens is 3. The summed E-state index contributed by atoms with van der Waals surface area (Å²) in [5.41, 5.74) is 0. The van der Waals surface area contributed by atoms with Gasteiger partial charge in [-0.1, -0.05) is 13.8 Å². The second kappa shape index (κ2) is 7.17. The lowest BCUT2D eigenvalue weighted by molar-refractivity contribution is -0.170. The van der Waals surface area contributed by atoms with Crippen molar-refractivity contribution in [1.29, 1.82) is 0 Å². The van der Waals surface area contributed by atoms with Crippen LogP contribution < -0.4 is 5.32 Å². The Morgan fingerprint density at radius 1 is 1.41 bits per heavy atom. The SMILES string of the molecule is COC(=O)N[C@H](CN1C[C@@H](C(F)(F)F)C[C@H]1C(=O)O)C(C)C. The Morgan fingerprint density at radius 3 is 2.41 bits per heavy atom. The number of hydrogen-bond donors (Lipinski definition) is 2. The number of likely N-dealkylation sites (tertiary alicyclic amines) is 1. The molecule has 9 heteroatoms. The van der Waals surface area contributed by atoms with Crippen molar-refractivity contribution in [2.24, 2.45) is 11.8 Å². The molecule has 1 heterocycles. The minimum atomic E-state index is -4.43. The van der Waals surface area contributed by atoms with Crippen molar-refractivity contribution in [2.45, 2.75) is 38.5 Å². The van der Waals surface area contributed by atoms with Crippen LogP contribution in [0.15, 0.2) is 0 Å². The molecule has 0 aliphatic carbocycles. The fraction of sp³-hybridized carbons (Fsp3) is 0.846. The van der Waals surface area contributed by atoms with Crippen molar-refractivity contribution in [2.75, 3.05) is 20.2 Å². The third kappa shape index (κ3) is 4.75. The zero-order valence-electron chi connectivity index (χ0n) is 12.7. The predicted octanol–water partition coefficient (Wildman–Crippen LogP) is 1.70. The molecule has 0 spiro atoms. The number of carboxylic acid groups (broad SMARTS) is 1. The van der Waals surface area contributed by atoms with Crippen LogP contribution in [0.1, 0.15) is 20.3 Å². The Labute approximate surface area is 126 Å². The van der Waals surface area contributed by atoms with Crippen LogP contribution in [-0.4, -0.2) is 60.5 Å². The number of rotatable bonds is 5. The maximum absolute atomic E-state index is 12.8. The molecule has 1 fully saturated rings. The summed E-state index contributed by atoms with van der Waals surface area (Å²) in [5, 5.41) is 11.7. The monoisotopic (exact) mass is 326 g/mol. The molecule has 0 aromatic heterocycles. The Morgan fingerprint density at radius 2 is 2.00 bits per heavy atom. The second-order valence-corrected chi connectivity index (χ2v) is 5.77. The molecule has 1 aliphatic heterocycles. The normalized spacial score (nSPS) is 24.3. The van der Waals surface area contributed by atoms with Gasteiger partial charge in [-0.25, -0.2) is 4.79 Å². The molecule has 1 amide bonds. The number of carboxylic acids is 1. The first-order valence-corrected chi connectivity index (χ1v) is 6.94. The number of amides is 1. The molecule has 128 valence electrons. The van der Waals surface area contributed by atoms with Gasteiger partial charge in [0, 0.05) is 19.1 Å². The summed E-state index contributed by atoms with van der Waals surface area (Å²) in [4.78, 5) is 23.7. The molecule has 0 saturated carbocycles. The number of alkyl carbamates (subject to hydrolysis) is 1. The van der Waals surface area contributed by atoms with Gasteiger partial charge in [0.15, 0.2) is 0 Å². The first-order chi connectivity index (χ1) is 10.1. The van der Waals surface area contributed by atoms with Crippen molar-refractivity contribution in [3.63, 3.8) is 0 Å². The third-order valence-corrected chi connectivity index (χ3v) is 3.88. The van der Waals surface area contributed by atoms with Gasteiger partial charge in [0.2, 0.25) is 0 Å². The maximum atomic E-state index is 12.8. The molecule has 0 bridgehead atoms. The number of carbonyl (C=O) groups is 2. The van der Waals surface area contributed by atoms with Gasteiger partial charge in [-0.3, -0.25) is 9.69 Å². The van der Waals surface area contributed by atoms with Gasteiger partial charge in [-0.15, -0.1) is 0 Å². The van der Waals surface area contributed by atoms with E-state index in [1.54, 1.807) is 13.8 Å². The Kier molecular flexibility index (Phi) is 6.04. The van der Waals surface area contributed by atoms with Crippen LogP contribution in [0.3, 0.4) is 0 Å². The quantitative estimate of drug-likeness (QED) is 0.804. The molecule has 22 heavy (non-hydrogen) atoms. The highest BCUT2D eigenvalue weighted by Gasteiger charge is 2.49. The van der Waals surface area contributed by atoms with Crippen molar-refractivity contribution in [3.05, 3.63) is 0 Å². The van der Waals surface area contributed by atoms with Crippen LogP contribution >= 0.6 is 0 Å². The average Bonchev–Trinajstić information content (AvgIpc) is 2.81. The molecular weight excluding hydrogens is 305 g/mol. The number of nitrogens with one attached hydrogen (secondary N) is 1. The highest BCUT2D eigenvalue weighted by molar-refractivity contribution is 5.74. The summed E-state index contributed by atoms with van der Waals surface area (Å²) in [6.45, 7) is 3.21. The molecule has 0 radical (unpaired) electrons. The lowest BCUT2D eigenvalue weighted by Crippen LogP contribution is -2.49. The first-order valence-electron chi connectivity index (χ1n) is 6.94. The number of ether oxygens (including phenoxy) is 1. The Balaban J connectivity index is 2.82. The average molecular weight is 326 g/mol. The number of methoxy groups -OCH3 is 1. The fourth-order valence-corrected chi connectivity index (χ4v) is 2.49. The highest BCUT2D eigenvalue weighted by atomic mass is 19.4. The minimum absolute atomic E-state index is 0.0241. The second-order valence-electron chi connectivity index (χ2n) is 5.77. The lowest BCUT2D eigenvalue weighted by Gasteiger charge is -2.29. The number of hydrogen-bond acceptors (Lipinski definition) is 4. The number of nitrogens with zero attached hydrogens (tertiary/aromatic N) is 1. The van der Waals surface area contributed by atoms with Crippen molar-refractivity contribution < 1.29 is 32.6 Å².